The highest BCUT2D eigenvalue weighted by molar-refractivity contribution is 9.10. The molecule has 0 bridgehead atoms. The molecule has 1 saturated carbocycles. The summed E-state index contributed by atoms with van der Waals surface area (Å²) in [6.45, 7) is 4.30. The molecule has 0 radical (unpaired) electrons. The molecule has 3 N–H and O–H groups in total. The molecule has 2 rings (SSSR count). The van der Waals surface area contributed by atoms with Gasteiger partial charge in [-0.2, -0.15) is 0 Å². The topological polar surface area (TPSA) is 45.7 Å². The van der Waals surface area contributed by atoms with Crippen LogP contribution < -0.4 is 10.6 Å². The van der Waals surface area contributed by atoms with Crippen molar-refractivity contribution in [1.29, 1.82) is 0 Å². The van der Waals surface area contributed by atoms with Crippen LogP contribution in [-0.2, 0) is 4.79 Å². The van der Waals surface area contributed by atoms with Gasteiger partial charge >= 0.3 is 0 Å². The Hall–Kier alpha value is -0.870. The number of hydrogen-bond donors (Lipinski definition) is 2. The van der Waals surface area contributed by atoms with Gasteiger partial charge in [-0.15, -0.1) is 0 Å². The van der Waals surface area contributed by atoms with Gasteiger partial charge in [-0.05, 0) is 50.5 Å². The van der Waals surface area contributed by atoms with Crippen molar-refractivity contribution >= 4 is 27.5 Å². The van der Waals surface area contributed by atoms with E-state index in [0.29, 0.717) is 12.0 Å². The van der Waals surface area contributed by atoms with Crippen molar-refractivity contribution in [3.05, 3.63) is 28.7 Å². The molecule has 1 fully saturated rings. The fourth-order valence-electron chi connectivity index (χ4n) is 2.88. The molecule has 20 heavy (non-hydrogen) atoms. The van der Waals surface area contributed by atoms with E-state index in [1.807, 2.05) is 31.2 Å². The molecule has 0 spiro atoms. The third-order valence-electron chi connectivity index (χ3n) is 4.24. The monoisotopic (exact) mass is 339 g/mol. The van der Waals surface area contributed by atoms with Crippen LogP contribution in [0.15, 0.2) is 28.7 Å². The number of amides is 1. The Balaban J connectivity index is 1.86. The number of hydrogen-bond acceptors (Lipinski definition) is 1. The maximum Gasteiger partial charge on any atom is 0.282 e. The fourth-order valence-corrected chi connectivity index (χ4v) is 3.14. The molecule has 1 amide bonds. The van der Waals surface area contributed by atoms with E-state index in [4.69, 9.17) is 0 Å². The smallest absolute Gasteiger partial charge is 0.282 e. The van der Waals surface area contributed by atoms with E-state index < -0.39 is 0 Å². The molecule has 1 aliphatic rings. The van der Waals surface area contributed by atoms with Gasteiger partial charge < -0.3 is 10.6 Å². The molecule has 1 aromatic carbocycles. The number of nitrogens with one attached hydrogen (secondary N) is 1. The second-order valence-corrected chi connectivity index (χ2v) is 6.82. The van der Waals surface area contributed by atoms with Crippen LogP contribution in [-0.4, -0.2) is 18.0 Å². The summed E-state index contributed by atoms with van der Waals surface area (Å²) in [4.78, 5) is 12.2. The minimum atomic E-state index is -0.0378. The Labute approximate surface area is 129 Å². The van der Waals surface area contributed by atoms with Crippen LogP contribution in [0.25, 0.3) is 0 Å². The molecule has 1 aliphatic carbocycles. The Morgan fingerprint density at radius 2 is 1.95 bits per heavy atom. The van der Waals surface area contributed by atoms with Gasteiger partial charge in [0.1, 0.15) is 0 Å². The number of carbonyl (C=O) groups excluding carboxylic acids is 1. The molecule has 0 aromatic heterocycles. The zero-order valence-electron chi connectivity index (χ0n) is 12.2. The normalized spacial score (nSPS) is 24.1. The standard InChI is InChI=1S/C16H23BrN2O/c1-11-5-3-4-6-15(11)18-12(2)16(20)19-14-9-7-13(17)8-10-14/h7-12,15,18H,3-6H2,1-2H3,(H,19,20)/p+1/t11-,12-,15-/m0/s1. The van der Waals surface area contributed by atoms with Crippen molar-refractivity contribution in [1.82, 2.24) is 0 Å². The minimum Gasteiger partial charge on any atom is -0.334 e. The lowest BCUT2D eigenvalue weighted by atomic mass is 9.85. The maximum atomic E-state index is 12.2. The summed E-state index contributed by atoms with van der Waals surface area (Å²) in [7, 11) is 0. The number of rotatable bonds is 4. The van der Waals surface area contributed by atoms with Crippen LogP contribution in [0, 0.1) is 5.92 Å². The maximum absolute atomic E-state index is 12.2. The molecule has 110 valence electrons. The molecule has 0 saturated heterocycles. The van der Waals surface area contributed by atoms with Gasteiger partial charge in [0.05, 0.1) is 6.04 Å². The average molecular weight is 340 g/mol. The van der Waals surface area contributed by atoms with Crippen LogP contribution in [0.2, 0.25) is 0 Å². The number of quaternary nitrogens is 1. The molecule has 4 heteroatoms. The number of carbonyl (C=O) groups is 1. The van der Waals surface area contributed by atoms with Crippen LogP contribution in [0.5, 0.6) is 0 Å². The van der Waals surface area contributed by atoms with E-state index in [-0.39, 0.29) is 11.9 Å². The predicted molar refractivity (Wildman–Crippen MR) is 85.6 cm³/mol. The first kappa shape index (κ1) is 15.5. The highest BCUT2D eigenvalue weighted by atomic mass is 79.9. The molecule has 3 atom stereocenters. The van der Waals surface area contributed by atoms with Crippen molar-refractivity contribution in [3.8, 4) is 0 Å². The Morgan fingerprint density at radius 1 is 1.30 bits per heavy atom. The average Bonchev–Trinajstić information content (AvgIpc) is 2.44. The van der Waals surface area contributed by atoms with E-state index in [1.54, 1.807) is 0 Å². The van der Waals surface area contributed by atoms with Crippen LogP contribution >= 0.6 is 15.9 Å². The molecule has 1 aromatic rings. The van der Waals surface area contributed by atoms with E-state index in [1.165, 1.54) is 25.7 Å². The largest absolute Gasteiger partial charge is 0.334 e. The second kappa shape index (κ2) is 7.23. The predicted octanol–water partition coefficient (Wildman–Crippen LogP) is 2.92. The summed E-state index contributed by atoms with van der Waals surface area (Å²) in [5, 5.41) is 5.23. The van der Waals surface area contributed by atoms with Crippen molar-refractivity contribution in [2.45, 2.75) is 51.6 Å². The Morgan fingerprint density at radius 3 is 2.60 bits per heavy atom. The van der Waals surface area contributed by atoms with Crippen molar-refractivity contribution in [2.75, 3.05) is 5.32 Å². The molecule has 3 nitrogen and oxygen atoms in total. The number of nitrogens with two attached hydrogens (primary N) is 1. The fraction of sp³-hybridized carbons (Fsp3) is 0.562. The SMILES string of the molecule is C[C@H]([NH2+][C@H]1CCCC[C@@H]1C)C(=O)Nc1ccc(Br)cc1. The zero-order valence-corrected chi connectivity index (χ0v) is 13.8. The number of benzene rings is 1. The molecular formula is C16H24BrN2O+. The summed E-state index contributed by atoms with van der Waals surface area (Å²) in [6.07, 6.45) is 5.16. The van der Waals surface area contributed by atoms with Crippen molar-refractivity contribution in [3.63, 3.8) is 0 Å². The summed E-state index contributed by atoms with van der Waals surface area (Å²) in [5.41, 5.74) is 0.857. The Kier molecular flexibility index (Phi) is 5.61. The molecule has 0 unspecified atom stereocenters. The highest BCUT2D eigenvalue weighted by Gasteiger charge is 2.28. The second-order valence-electron chi connectivity index (χ2n) is 5.90. The first-order chi connectivity index (χ1) is 9.56. The van der Waals surface area contributed by atoms with Gasteiger partial charge in [0.15, 0.2) is 6.04 Å². The van der Waals surface area contributed by atoms with E-state index in [0.717, 1.165) is 10.2 Å². The highest BCUT2D eigenvalue weighted by Crippen LogP contribution is 2.21. The molecule has 0 heterocycles. The first-order valence-electron chi connectivity index (χ1n) is 7.47. The third-order valence-corrected chi connectivity index (χ3v) is 4.77. The van der Waals surface area contributed by atoms with E-state index in [9.17, 15) is 4.79 Å². The summed E-state index contributed by atoms with van der Waals surface area (Å²) < 4.78 is 1.02. The molecular weight excluding hydrogens is 316 g/mol. The van der Waals surface area contributed by atoms with Crippen LogP contribution in [0.4, 0.5) is 5.69 Å². The lowest BCUT2D eigenvalue weighted by molar-refractivity contribution is -0.714. The van der Waals surface area contributed by atoms with Gasteiger partial charge in [0.25, 0.3) is 5.91 Å². The van der Waals surface area contributed by atoms with Crippen LogP contribution in [0.3, 0.4) is 0 Å². The molecule has 0 aliphatic heterocycles. The zero-order chi connectivity index (χ0) is 14.5. The van der Waals surface area contributed by atoms with E-state index >= 15 is 0 Å². The van der Waals surface area contributed by atoms with Gasteiger partial charge in [-0.3, -0.25) is 4.79 Å². The van der Waals surface area contributed by atoms with Crippen molar-refractivity contribution in [2.24, 2.45) is 5.92 Å². The van der Waals surface area contributed by atoms with E-state index in [2.05, 4.69) is 33.5 Å². The number of halogens is 1. The van der Waals surface area contributed by atoms with Gasteiger partial charge in [0.2, 0.25) is 0 Å². The van der Waals surface area contributed by atoms with Gasteiger partial charge in [0, 0.05) is 16.1 Å². The minimum absolute atomic E-state index is 0.0378. The summed E-state index contributed by atoms with van der Waals surface area (Å²) >= 11 is 3.39. The lowest BCUT2D eigenvalue weighted by Gasteiger charge is -2.28. The first-order valence-corrected chi connectivity index (χ1v) is 8.27. The quantitative estimate of drug-likeness (QED) is 0.870. The van der Waals surface area contributed by atoms with Crippen molar-refractivity contribution < 1.29 is 10.1 Å². The third kappa shape index (κ3) is 4.32. The Bertz CT molecular complexity index is 446. The summed E-state index contributed by atoms with van der Waals surface area (Å²) in [5.74, 6) is 0.803. The lowest BCUT2D eigenvalue weighted by Crippen LogP contribution is -2.97. The van der Waals surface area contributed by atoms with Crippen LogP contribution in [0.1, 0.15) is 39.5 Å². The van der Waals surface area contributed by atoms with Gasteiger partial charge in [-0.25, -0.2) is 0 Å². The van der Waals surface area contributed by atoms with Gasteiger partial charge in [-0.1, -0.05) is 29.3 Å². The number of anilines is 1. The summed E-state index contributed by atoms with van der Waals surface area (Å²) in [6, 6.07) is 8.26.